The summed E-state index contributed by atoms with van der Waals surface area (Å²) in [7, 11) is 1.84. The van der Waals surface area contributed by atoms with Crippen molar-refractivity contribution in [2.24, 2.45) is 0 Å². The molecule has 1 aliphatic rings. The van der Waals surface area contributed by atoms with Crippen molar-refractivity contribution in [2.45, 2.75) is 13.0 Å². The van der Waals surface area contributed by atoms with Crippen LogP contribution < -0.4 is 0 Å². The first-order valence-corrected chi connectivity index (χ1v) is 7.07. The summed E-state index contributed by atoms with van der Waals surface area (Å²) < 4.78 is 5.31. The van der Waals surface area contributed by atoms with E-state index in [-0.39, 0.29) is 5.91 Å². The highest BCUT2D eigenvalue weighted by Gasteiger charge is 2.19. The normalized spacial score (nSPS) is 17.0. The van der Waals surface area contributed by atoms with E-state index in [4.69, 9.17) is 4.52 Å². The van der Waals surface area contributed by atoms with Crippen molar-refractivity contribution < 1.29 is 9.32 Å². The highest BCUT2D eigenvalue weighted by molar-refractivity contribution is 5.76. The van der Waals surface area contributed by atoms with E-state index >= 15 is 0 Å². The Morgan fingerprint density at radius 2 is 2.00 bits per heavy atom. The largest absolute Gasteiger partial charge is 0.344 e. The van der Waals surface area contributed by atoms with E-state index in [0.717, 1.165) is 25.2 Å². The Hall–Kier alpha value is -2.21. The SMILES string of the molecule is CN1CCN(Cc2nc(-c3ccccc3)no2)CCC1=O. The smallest absolute Gasteiger partial charge is 0.241 e. The van der Waals surface area contributed by atoms with Crippen molar-refractivity contribution >= 4 is 5.91 Å². The molecule has 1 aromatic carbocycles. The lowest BCUT2D eigenvalue weighted by Crippen LogP contribution is -2.29. The van der Waals surface area contributed by atoms with Gasteiger partial charge in [-0.25, -0.2) is 0 Å². The van der Waals surface area contributed by atoms with E-state index < -0.39 is 0 Å². The molecule has 2 heterocycles. The van der Waals surface area contributed by atoms with Crippen LogP contribution in [0.15, 0.2) is 34.9 Å². The molecule has 1 aromatic heterocycles. The fraction of sp³-hybridized carbons (Fsp3) is 0.400. The summed E-state index contributed by atoms with van der Waals surface area (Å²) >= 11 is 0. The number of nitrogens with zero attached hydrogens (tertiary/aromatic N) is 4. The maximum atomic E-state index is 11.6. The van der Waals surface area contributed by atoms with E-state index in [2.05, 4.69) is 15.0 Å². The molecule has 0 N–H and O–H groups in total. The fourth-order valence-corrected chi connectivity index (χ4v) is 2.35. The van der Waals surface area contributed by atoms with Crippen LogP contribution in [-0.4, -0.2) is 52.5 Å². The second-order valence-corrected chi connectivity index (χ2v) is 5.22. The van der Waals surface area contributed by atoms with E-state index in [1.807, 2.05) is 37.4 Å². The number of benzene rings is 1. The maximum absolute atomic E-state index is 11.6. The van der Waals surface area contributed by atoms with Gasteiger partial charge in [-0.1, -0.05) is 35.5 Å². The number of likely N-dealkylation sites (N-methyl/N-ethyl adjacent to an activating group) is 1. The summed E-state index contributed by atoms with van der Waals surface area (Å²) in [5.74, 6) is 1.38. The topological polar surface area (TPSA) is 62.5 Å². The van der Waals surface area contributed by atoms with Crippen molar-refractivity contribution in [2.75, 3.05) is 26.7 Å². The second-order valence-electron chi connectivity index (χ2n) is 5.22. The molecule has 0 unspecified atom stereocenters. The standard InChI is InChI=1S/C15H18N4O2/c1-18-9-10-19(8-7-14(18)20)11-13-16-15(17-21-13)12-5-3-2-4-6-12/h2-6H,7-11H2,1H3. The van der Waals surface area contributed by atoms with Gasteiger partial charge in [0.15, 0.2) is 0 Å². The van der Waals surface area contributed by atoms with Crippen LogP contribution in [0.2, 0.25) is 0 Å². The summed E-state index contributed by atoms with van der Waals surface area (Å²) in [4.78, 5) is 20.0. The van der Waals surface area contributed by atoms with Crippen molar-refractivity contribution in [1.82, 2.24) is 19.9 Å². The Labute approximate surface area is 123 Å². The highest BCUT2D eigenvalue weighted by atomic mass is 16.5. The van der Waals surface area contributed by atoms with Crippen LogP contribution >= 0.6 is 0 Å². The molecule has 0 bridgehead atoms. The molecule has 1 fully saturated rings. The molecule has 1 saturated heterocycles. The van der Waals surface area contributed by atoms with Crippen molar-refractivity contribution in [3.05, 3.63) is 36.2 Å². The third kappa shape index (κ3) is 3.28. The number of carbonyl (C=O) groups is 1. The monoisotopic (exact) mass is 286 g/mol. The zero-order chi connectivity index (χ0) is 14.7. The van der Waals surface area contributed by atoms with Crippen LogP contribution in [-0.2, 0) is 11.3 Å². The molecule has 1 amide bonds. The summed E-state index contributed by atoms with van der Waals surface area (Å²) in [5, 5.41) is 4.02. The molecule has 0 saturated carbocycles. The average molecular weight is 286 g/mol. The molecule has 21 heavy (non-hydrogen) atoms. The predicted molar refractivity (Wildman–Crippen MR) is 77.3 cm³/mol. The highest BCUT2D eigenvalue weighted by Crippen LogP contribution is 2.16. The third-order valence-corrected chi connectivity index (χ3v) is 3.68. The van der Waals surface area contributed by atoms with Crippen LogP contribution in [0, 0.1) is 0 Å². The fourth-order valence-electron chi connectivity index (χ4n) is 2.35. The lowest BCUT2D eigenvalue weighted by atomic mass is 10.2. The Kier molecular flexibility index (Phi) is 3.96. The number of hydrogen-bond acceptors (Lipinski definition) is 5. The lowest BCUT2D eigenvalue weighted by molar-refractivity contribution is -0.129. The van der Waals surface area contributed by atoms with Gasteiger partial charge in [0, 0.05) is 38.7 Å². The number of hydrogen-bond donors (Lipinski definition) is 0. The molecule has 2 aromatic rings. The molecular formula is C15H18N4O2. The molecule has 0 atom stereocenters. The Bertz CT molecular complexity index is 611. The zero-order valence-corrected chi connectivity index (χ0v) is 12.0. The first-order valence-electron chi connectivity index (χ1n) is 7.07. The lowest BCUT2D eigenvalue weighted by Gasteiger charge is -2.17. The molecule has 0 aliphatic carbocycles. The van der Waals surface area contributed by atoms with E-state index in [1.165, 1.54) is 0 Å². The molecule has 6 nitrogen and oxygen atoms in total. The van der Waals surface area contributed by atoms with Crippen molar-refractivity contribution in [3.8, 4) is 11.4 Å². The van der Waals surface area contributed by atoms with Gasteiger partial charge in [-0.2, -0.15) is 4.98 Å². The van der Waals surface area contributed by atoms with Gasteiger partial charge in [-0.3, -0.25) is 9.69 Å². The van der Waals surface area contributed by atoms with Crippen LogP contribution in [0.1, 0.15) is 12.3 Å². The third-order valence-electron chi connectivity index (χ3n) is 3.68. The van der Waals surface area contributed by atoms with Crippen molar-refractivity contribution in [3.63, 3.8) is 0 Å². The molecule has 6 heteroatoms. The molecule has 3 rings (SSSR count). The van der Waals surface area contributed by atoms with Gasteiger partial charge in [0.05, 0.1) is 6.54 Å². The van der Waals surface area contributed by atoms with Crippen LogP contribution in [0.5, 0.6) is 0 Å². The van der Waals surface area contributed by atoms with Gasteiger partial charge >= 0.3 is 0 Å². The van der Waals surface area contributed by atoms with Gasteiger partial charge in [-0.15, -0.1) is 0 Å². The predicted octanol–water partition coefficient (Wildman–Crippen LogP) is 1.40. The minimum atomic E-state index is 0.188. The molecule has 110 valence electrons. The quantitative estimate of drug-likeness (QED) is 0.853. The van der Waals surface area contributed by atoms with Gasteiger partial charge < -0.3 is 9.42 Å². The molecule has 0 radical (unpaired) electrons. The summed E-state index contributed by atoms with van der Waals surface area (Å²) in [6.07, 6.45) is 0.538. The maximum Gasteiger partial charge on any atom is 0.241 e. The summed E-state index contributed by atoms with van der Waals surface area (Å²) in [6.45, 7) is 2.87. The molecule has 0 spiro atoms. The van der Waals surface area contributed by atoms with Gasteiger partial charge in [-0.05, 0) is 0 Å². The zero-order valence-electron chi connectivity index (χ0n) is 12.0. The molecule has 1 aliphatic heterocycles. The minimum Gasteiger partial charge on any atom is -0.344 e. The average Bonchev–Trinajstić information content (AvgIpc) is 2.92. The number of aromatic nitrogens is 2. The van der Waals surface area contributed by atoms with Crippen LogP contribution in [0.3, 0.4) is 0 Å². The van der Waals surface area contributed by atoms with Crippen LogP contribution in [0.25, 0.3) is 11.4 Å². The minimum absolute atomic E-state index is 0.188. The van der Waals surface area contributed by atoms with Gasteiger partial charge in [0.1, 0.15) is 0 Å². The first kappa shape index (κ1) is 13.8. The Morgan fingerprint density at radius 3 is 2.81 bits per heavy atom. The van der Waals surface area contributed by atoms with Crippen molar-refractivity contribution in [1.29, 1.82) is 0 Å². The van der Waals surface area contributed by atoms with Crippen LogP contribution in [0.4, 0.5) is 0 Å². The summed E-state index contributed by atoms with van der Waals surface area (Å²) in [6, 6.07) is 9.75. The van der Waals surface area contributed by atoms with Gasteiger partial charge in [0.25, 0.3) is 0 Å². The van der Waals surface area contributed by atoms with E-state index in [0.29, 0.717) is 24.7 Å². The Morgan fingerprint density at radius 1 is 1.19 bits per heavy atom. The first-order chi connectivity index (χ1) is 10.2. The number of rotatable bonds is 3. The Balaban J connectivity index is 1.66. The second kappa shape index (κ2) is 6.05. The van der Waals surface area contributed by atoms with Gasteiger partial charge in [0.2, 0.25) is 17.6 Å². The summed E-state index contributed by atoms with van der Waals surface area (Å²) in [5.41, 5.74) is 0.943. The number of carbonyl (C=O) groups excluding carboxylic acids is 1. The van der Waals surface area contributed by atoms with E-state index in [9.17, 15) is 4.79 Å². The number of amides is 1. The van der Waals surface area contributed by atoms with E-state index in [1.54, 1.807) is 4.90 Å². The molecular weight excluding hydrogens is 268 g/mol.